The molecule has 0 saturated heterocycles. The van der Waals surface area contributed by atoms with Crippen molar-refractivity contribution < 1.29 is 4.79 Å². The Morgan fingerprint density at radius 3 is 2.86 bits per heavy atom. The SMILES string of the molecule is CC(Nc1ncc(Br)cc1N)C(N)=O. The van der Waals surface area contributed by atoms with Crippen molar-refractivity contribution >= 4 is 33.3 Å². The summed E-state index contributed by atoms with van der Waals surface area (Å²) >= 11 is 3.23. The topological polar surface area (TPSA) is 94.0 Å². The van der Waals surface area contributed by atoms with Gasteiger partial charge in [-0.1, -0.05) is 0 Å². The maximum atomic E-state index is 10.8. The summed E-state index contributed by atoms with van der Waals surface area (Å²) in [6, 6.07) is 1.20. The lowest BCUT2D eigenvalue weighted by atomic mass is 10.3. The Bertz CT molecular complexity index is 355. The zero-order valence-electron chi connectivity index (χ0n) is 7.62. The summed E-state index contributed by atoms with van der Waals surface area (Å²) in [5, 5.41) is 2.81. The number of hydrogen-bond donors (Lipinski definition) is 3. The van der Waals surface area contributed by atoms with Crippen LogP contribution in [0.2, 0.25) is 0 Å². The van der Waals surface area contributed by atoms with Crippen LogP contribution >= 0.6 is 15.9 Å². The van der Waals surface area contributed by atoms with Crippen molar-refractivity contribution in [3.8, 4) is 0 Å². The van der Waals surface area contributed by atoms with Gasteiger partial charge in [0.2, 0.25) is 5.91 Å². The molecule has 1 atom stereocenters. The fraction of sp³-hybridized carbons (Fsp3) is 0.250. The van der Waals surface area contributed by atoms with Gasteiger partial charge in [-0.05, 0) is 28.9 Å². The smallest absolute Gasteiger partial charge is 0.239 e. The van der Waals surface area contributed by atoms with E-state index >= 15 is 0 Å². The largest absolute Gasteiger partial charge is 0.396 e. The lowest BCUT2D eigenvalue weighted by molar-refractivity contribution is -0.118. The quantitative estimate of drug-likeness (QED) is 0.745. The van der Waals surface area contributed by atoms with Crippen LogP contribution < -0.4 is 16.8 Å². The summed E-state index contributed by atoms with van der Waals surface area (Å²) in [5.41, 5.74) is 11.2. The predicted molar refractivity (Wildman–Crippen MR) is 58.6 cm³/mol. The van der Waals surface area contributed by atoms with E-state index < -0.39 is 11.9 Å². The van der Waals surface area contributed by atoms with Crippen LogP contribution in [0.4, 0.5) is 11.5 Å². The molecule has 0 fully saturated rings. The van der Waals surface area contributed by atoms with Crippen LogP contribution in [0.1, 0.15) is 6.92 Å². The maximum Gasteiger partial charge on any atom is 0.239 e. The zero-order chi connectivity index (χ0) is 10.7. The number of carbonyl (C=O) groups is 1. The van der Waals surface area contributed by atoms with E-state index in [2.05, 4.69) is 26.2 Å². The third-order valence-corrected chi connectivity index (χ3v) is 2.10. The van der Waals surface area contributed by atoms with Gasteiger partial charge in [-0.25, -0.2) is 4.98 Å². The van der Waals surface area contributed by atoms with Crippen LogP contribution in [0.5, 0.6) is 0 Å². The number of halogens is 1. The number of amides is 1. The van der Waals surface area contributed by atoms with Crippen molar-refractivity contribution in [1.82, 2.24) is 4.98 Å². The fourth-order valence-electron chi connectivity index (χ4n) is 0.852. The van der Waals surface area contributed by atoms with E-state index in [4.69, 9.17) is 11.5 Å². The van der Waals surface area contributed by atoms with E-state index in [1.54, 1.807) is 19.2 Å². The summed E-state index contributed by atoms with van der Waals surface area (Å²) in [4.78, 5) is 14.8. The Balaban J connectivity index is 2.82. The average molecular weight is 259 g/mol. The molecule has 1 aromatic heterocycles. The van der Waals surface area contributed by atoms with E-state index in [-0.39, 0.29) is 0 Å². The van der Waals surface area contributed by atoms with Gasteiger partial charge in [0.05, 0.1) is 5.69 Å². The second-order valence-electron chi connectivity index (χ2n) is 2.86. The number of aromatic nitrogens is 1. The number of nitrogen functional groups attached to an aromatic ring is 1. The van der Waals surface area contributed by atoms with E-state index in [1.165, 1.54) is 0 Å². The number of hydrogen-bond acceptors (Lipinski definition) is 4. The van der Waals surface area contributed by atoms with E-state index in [1.807, 2.05) is 0 Å². The number of pyridine rings is 1. The minimum Gasteiger partial charge on any atom is -0.396 e. The van der Waals surface area contributed by atoms with Crippen molar-refractivity contribution in [3.63, 3.8) is 0 Å². The summed E-state index contributed by atoms with van der Waals surface area (Å²) in [6.45, 7) is 1.64. The molecule has 76 valence electrons. The van der Waals surface area contributed by atoms with Crippen LogP contribution in [0.15, 0.2) is 16.7 Å². The van der Waals surface area contributed by atoms with Gasteiger partial charge in [0, 0.05) is 10.7 Å². The van der Waals surface area contributed by atoms with Gasteiger partial charge in [0.1, 0.15) is 11.9 Å². The molecule has 1 amide bonds. The standard InChI is InChI=1S/C8H11BrN4O/c1-4(7(11)14)13-8-6(10)2-5(9)3-12-8/h2-4H,10H2,1H3,(H2,11,14)(H,12,13). The Morgan fingerprint density at radius 2 is 2.36 bits per heavy atom. The lowest BCUT2D eigenvalue weighted by Gasteiger charge is -2.12. The van der Waals surface area contributed by atoms with Crippen LogP contribution in [0, 0.1) is 0 Å². The molecule has 0 aliphatic rings. The summed E-state index contributed by atoms with van der Waals surface area (Å²) < 4.78 is 0.785. The highest BCUT2D eigenvalue weighted by molar-refractivity contribution is 9.10. The second-order valence-corrected chi connectivity index (χ2v) is 3.78. The summed E-state index contributed by atoms with van der Waals surface area (Å²) in [6.07, 6.45) is 1.59. The first-order valence-corrected chi connectivity index (χ1v) is 4.77. The molecule has 0 aromatic carbocycles. The summed E-state index contributed by atoms with van der Waals surface area (Å²) in [5.74, 6) is 0.00798. The molecule has 0 saturated carbocycles. The first-order valence-electron chi connectivity index (χ1n) is 3.97. The molecule has 1 heterocycles. The maximum absolute atomic E-state index is 10.8. The number of rotatable bonds is 3. The normalized spacial score (nSPS) is 12.1. The molecule has 1 unspecified atom stereocenters. The van der Waals surface area contributed by atoms with Gasteiger partial charge in [-0.3, -0.25) is 4.79 Å². The Hall–Kier alpha value is -1.30. The number of nitrogens with two attached hydrogens (primary N) is 2. The van der Waals surface area contributed by atoms with Crippen molar-refractivity contribution in [3.05, 3.63) is 16.7 Å². The highest BCUT2D eigenvalue weighted by Crippen LogP contribution is 2.20. The molecular weight excluding hydrogens is 248 g/mol. The monoisotopic (exact) mass is 258 g/mol. The minimum atomic E-state index is -0.494. The molecule has 0 spiro atoms. The lowest BCUT2D eigenvalue weighted by Crippen LogP contribution is -2.33. The number of nitrogens with one attached hydrogen (secondary N) is 1. The Morgan fingerprint density at radius 1 is 1.71 bits per heavy atom. The number of anilines is 2. The number of primary amides is 1. The number of nitrogens with zero attached hydrogens (tertiary/aromatic N) is 1. The van der Waals surface area contributed by atoms with Crippen LogP contribution in [-0.2, 0) is 4.79 Å². The first-order chi connectivity index (χ1) is 6.50. The fourth-order valence-corrected chi connectivity index (χ4v) is 1.20. The van der Waals surface area contributed by atoms with Gasteiger partial charge in [-0.15, -0.1) is 0 Å². The molecule has 14 heavy (non-hydrogen) atoms. The highest BCUT2D eigenvalue weighted by Gasteiger charge is 2.10. The Kier molecular flexibility index (Phi) is 3.29. The van der Waals surface area contributed by atoms with E-state index in [9.17, 15) is 4.79 Å². The number of carbonyl (C=O) groups excluding carboxylic acids is 1. The molecule has 5 nitrogen and oxygen atoms in total. The molecule has 0 aliphatic heterocycles. The first kappa shape index (κ1) is 10.8. The van der Waals surface area contributed by atoms with Gasteiger partial charge in [0.15, 0.2) is 0 Å². The predicted octanol–water partition coefficient (Wildman–Crippen LogP) is 0.712. The molecule has 1 rings (SSSR count). The van der Waals surface area contributed by atoms with Crippen molar-refractivity contribution in [2.75, 3.05) is 11.1 Å². The Labute approximate surface area is 90.0 Å². The van der Waals surface area contributed by atoms with Gasteiger partial charge >= 0.3 is 0 Å². The third kappa shape index (κ3) is 2.59. The molecule has 0 aliphatic carbocycles. The summed E-state index contributed by atoms with van der Waals surface area (Å²) in [7, 11) is 0. The molecule has 1 aromatic rings. The van der Waals surface area contributed by atoms with Gasteiger partial charge in [-0.2, -0.15) is 0 Å². The minimum absolute atomic E-state index is 0.450. The van der Waals surface area contributed by atoms with Gasteiger partial charge in [0.25, 0.3) is 0 Å². The molecule has 0 radical (unpaired) electrons. The molecule has 0 bridgehead atoms. The highest BCUT2D eigenvalue weighted by atomic mass is 79.9. The van der Waals surface area contributed by atoms with Crippen molar-refractivity contribution in [2.45, 2.75) is 13.0 Å². The van der Waals surface area contributed by atoms with Crippen molar-refractivity contribution in [2.24, 2.45) is 5.73 Å². The molecular formula is C8H11BrN4O. The third-order valence-electron chi connectivity index (χ3n) is 1.66. The molecule has 5 N–H and O–H groups in total. The van der Waals surface area contributed by atoms with Crippen LogP contribution in [0.25, 0.3) is 0 Å². The van der Waals surface area contributed by atoms with E-state index in [0.717, 1.165) is 4.47 Å². The van der Waals surface area contributed by atoms with Crippen LogP contribution in [-0.4, -0.2) is 16.9 Å². The van der Waals surface area contributed by atoms with Crippen LogP contribution in [0.3, 0.4) is 0 Å². The zero-order valence-corrected chi connectivity index (χ0v) is 9.21. The molecule has 6 heteroatoms. The van der Waals surface area contributed by atoms with Gasteiger partial charge < -0.3 is 16.8 Å². The van der Waals surface area contributed by atoms with Crippen molar-refractivity contribution in [1.29, 1.82) is 0 Å². The average Bonchev–Trinajstić information content (AvgIpc) is 2.09. The van der Waals surface area contributed by atoms with E-state index in [0.29, 0.717) is 11.5 Å². The second kappa shape index (κ2) is 4.28.